The first-order chi connectivity index (χ1) is 9.08. The van der Waals surface area contributed by atoms with E-state index in [1.54, 1.807) is 13.8 Å². The van der Waals surface area contributed by atoms with Crippen LogP contribution in [0.2, 0.25) is 0 Å². The van der Waals surface area contributed by atoms with Gasteiger partial charge in [-0.25, -0.2) is 8.42 Å². The van der Waals surface area contributed by atoms with E-state index in [9.17, 15) is 21.6 Å². The second-order valence-corrected chi connectivity index (χ2v) is 6.41. The summed E-state index contributed by atoms with van der Waals surface area (Å²) in [5, 5.41) is 0. The lowest BCUT2D eigenvalue weighted by atomic mass is 10.2. The van der Waals surface area contributed by atoms with Gasteiger partial charge in [0.05, 0.1) is 4.90 Å². The summed E-state index contributed by atoms with van der Waals surface area (Å²) >= 11 is 0. The third-order valence-electron chi connectivity index (χ3n) is 2.71. The lowest BCUT2D eigenvalue weighted by Gasteiger charge is -2.23. The normalized spacial score (nSPS) is 12.9. The number of hydrogen-bond donors (Lipinski definition) is 1. The molecule has 0 unspecified atom stereocenters. The molecule has 0 spiro atoms. The minimum absolute atomic E-state index is 0.179. The van der Waals surface area contributed by atoms with Crippen LogP contribution in [-0.4, -0.2) is 32.0 Å². The fourth-order valence-corrected chi connectivity index (χ4v) is 3.29. The molecule has 1 aromatic rings. The Labute approximate surface area is 116 Å². The fraction of sp³-hybridized carbons (Fsp3) is 0.500. The number of nitrogens with two attached hydrogens (primary N) is 1. The summed E-state index contributed by atoms with van der Waals surface area (Å²) in [5.41, 5.74) is 6.48. The molecule has 2 N–H and O–H groups in total. The minimum atomic E-state index is -4.58. The standard InChI is InChI=1S/C12H17F3N2O2S/c1-3-6-17(8-12(13,14)15)20(18,19)10-4-5-11(16)9(2)7-10/h4-5,7H,3,6,8,16H2,1-2H3. The van der Waals surface area contributed by atoms with Crippen molar-refractivity contribution in [1.29, 1.82) is 0 Å². The van der Waals surface area contributed by atoms with Crippen LogP contribution in [0.25, 0.3) is 0 Å². The number of benzene rings is 1. The van der Waals surface area contributed by atoms with Crippen molar-refractivity contribution in [1.82, 2.24) is 4.31 Å². The first-order valence-corrected chi connectivity index (χ1v) is 7.45. The Morgan fingerprint density at radius 3 is 2.35 bits per heavy atom. The molecule has 0 aliphatic rings. The van der Waals surface area contributed by atoms with E-state index >= 15 is 0 Å². The summed E-state index contributed by atoms with van der Waals surface area (Å²) < 4.78 is 62.4. The van der Waals surface area contributed by atoms with Crippen molar-refractivity contribution in [2.75, 3.05) is 18.8 Å². The van der Waals surface area contributed by atoms with E-state index in [0.29, 0.717) is 22.0 Å². The SMILES string of the molecule is CCCN(CC(F)(F)F)S(=O)(=O)c1ccc(N)c(C)c1. The monoisotopic (exact) mass is 310 g/mol. The highest BCUT2D eigenvalue weighted by Crippen LogP contribution is 2.24. The Bertz CT molecular complexity index is 571. The Balaban J connectivity index is 3.18. The van der Waals surface area contributed by atoms with Crippen molar-refractivity contribution in [2.45, 2.75) is 31.3 Å². The lowest BCUT2D eigenvalue weighted by molar-refractivity contribution is -0.136. The zero-order valence-electron chi connectivity index (χ0n) is 11.2. The second-order valence-electron chi connectivity index (χ2n) is 4.47. The number of sulfonamides is 1. The van der Waals surface area contributed by atoms with Crippen LogP contribution in [0.4, 0.5) is 18.9 Å². The van der Waals surface area contributed by atoms with E-state index in [2.05, 4.69) is 0 Å². The quantitative estimate of drug-likeness (QED) is 0.850. The lowest BCUT2D eigenvalue weighted by Crippen LogP contribution is -2.39. The maximum absolute atomic E-state index is 12.5. The summed E-state index contributed by atoms with van der Waals surface area (Å²) in [6.07, 6.45) is -4.28. The van der Waals surface area contributed by atoms with Crippen LogP contribution < -0.4 is 5.73 Å². The maximum atomic E-state index is 12.5. The highest BCUT2D eigenvalue weighted by molar-refractivity contribution is 7.89. The van der Waals surface area contributed by atoms with Gasteiger partial charge in [-0.2, -0.15) is 17.5 Å². The van der Waals surface area contributed by atoms with Crippen molar-refractivity contribution < 1.29 is 21.6 Å². The molecule has 20 heavy (non-hydrogen) atoms. The summed E-state index contributed by atoms with van der Waals surface area (Å²) in [6, 6.07) is 3.88. The van der Waals surface area contributed by atoms with Gasteiger partial charge in [-0.1, -0.05) is 6.92 Å². The molecular formula is C12H17F3N2O2S. The molecule has 0 aromatic heterocycles. The van der Waals surface area contributed by atoms with Gasteiger partial charge in [0.2, 0.25) is 10.0 Å². The van der Waals surface area contributed by atoms with E-state index in [1.807, 2.05) is 0 Å². The molecule has 0 aliphatic carbocycles. The first-order valence-electron chi connectivity index (χ1n) is 6.01. The predicted octanol–water partition coefficient (Wildman–Crippen LogP) is 2.54. The fourth-order valence-electron chi connectivity index (χ4n) is 1.69. The molecule has 0 saturated carbocycles. The van der Waals surface area contributed by atoms with Crippen molar-refractivity contribution >= 4 is 15.7 Å². The van der Waals surface area contributed by atoms with Crippen molar-refractivity contribution in [3.63, 3.8) is 0 Å². The van der Waals surface area contributed by atoms with Crippen LogP contribution in [0.1, 0.15) is 18.9 Å². The van der Waals surface area contributed by atoms with Crippen molar-refractivity contribution in [2.24, 2.45) is 0 Å². The summed E-state index contributed by atoms with van der Waals surface area (Å²) in [6.45, 7) is 1.53. The number of aryl methyl sites for hydroxylation is 1. The van der Waals surface area contributed by atoms with Gasteiger partial charge in [-0.15, -0.1) is 0 Å². The van der Waals surface area contributed by atoms with Crippen molar-refractivity contribution in [3.05, 3.63) is 23.8 Å². The number of anilines is 1. The third-order valence-corrected chi connectivity index (χ3v) is 4.55. The van der Waals surface area contributed by atoms with E-state index in [0.717, 1.165) is 0 Å². The molecule has 0 fully saturated rings. The number of halogens is 3. The summed E-state index contributed by atoms with van der Waals surface area (Å²) in [5.74, 6) is 0. The number of nitrogens with zero attached hydrogens (tertiary/aromatic N) is 1. The summed E-state index contributed by atoms with van der Waals surface area (Å²) in [4.78, 5) is -0.179. The van der Waals surface area contributed by atoms with Gasteiger partial charge in [-0.05, 0) is 37.1 Å². The van der Waals surface area contributed by atoms with Crippen LogP contribution >= 0.6 is 0 Å². The Morgan fingerprint density at radius 2 is 1.90 bits per heavy atom. The van der Waals surface area contributed by atoms with Crippen LogP contribution in [0.5, 0.6) is 0 Å². The number of nitrogen functional groups attached to an aromatic ring is 1. The van der Waals surface area contributed by atoms with Crippen LogP contribution in [0, 0.1) is 6.92 Å². The third kappa shape index (κ3) is 4.11. The zero-order chi connectivity index (χ0) is 15.6. The van der Waals surface area contributed by atoms with Gasteiger partial charge < -0.3 is 5.73 Å². The van der Waals surface area contributed by atoms with Gasteiger partial charge in [0, 0.05) is 12.2 Å². The van der Waals surface area contributed by atoms with E-state index < -0.39 is 22.7 Å². The molecular weight excluding hydrogens is 293 g/mol. The Hall–Kier alpha value is -1.28. The highest BCUT2D eigenvalue weighted by Gasteiger charge is 2.36. The molecule has 0 aliphatic heterocycles. The second kappa shape index (κ2) is 6.01. The molecule has 0 heterocycles. The van der Waals surface area contributed by atoms with Crippen LogP contribution in [0.15, 0.2) is 23.1 Å². The molecule has 114 valence electrons. The smallest absolute Gasteiger partial charge is 0.399 e. The molecule has 1 aromatic carbocycles. The number of alkyl halides is 3. The topological polar surface area (TPSA) is 63.4 Å². The largest absolute Gasteiger partial charge is 0.402 e. The number of hydrogen-bond acceptors (Lipinski definition) is 3. The maximum Gasteiger partial charge on any atom is 0.402 e. The molecule has 0 amide bonds. The van der Waals surface area contributed by atoms with Gasteiger partial charge in [0.15, 0.2) is 0 Å². The molecule has 1 rings (SSSR count). The molecule has 0 radical (unpaired) electrons. The molecule has 0 atom stereocenters. The van der Waals surface area contributed by atoms with Gasteiger partial charge in [-0.3, -0.25) is 0 Å². The van der Waals surface area contributed by atoms with Gasteiger partial charge in [0.25, 0.3) is 0 Å². The highest BCUT2D eigenvalue weighted by atomic mass is 32.2. The average molecular weight is 310 g/mol. The van der Waals surface area contributed by atoms with Crippen molar-refractivity contribution in [3.8, 4) is 0 Å². The van der Waals surface area contributed by atoms with Gasteiger partial charge in [0.1, 0.15) is 6.54 Å². The Morgan fingerprint density at radius 1 is 1.30 bits per heavy atom. The molecule has 0 saturated heterocycles. The molecule has 8 heteroatoms. The van der Waals surface area contributed by atoms with E-state index in [4.69, 9.17) is 5.73 Å². The molecule has 4 nitrogen and oxygen atoms in total. The summed E-state index contributed by atoms with van der Waals surface area (Å²) in [7, 11) is -4.18. The first kappa shape index (κ1) is 16.8. The van der Waals surface area contributed by atoms with Gasteiger partial charge >= 0.3 is 6.18 Å². The van der Waals surface area contributed by atoms with E-state index in [1.165, 1.54) is 18.2 Å². The Kier molecular flexibility index (Phi) is 5.04. The predicted molar refractivity (Wildman–Crippen MR) is 70.7 cm³/mol. The van der Waals surface area contributed by atoms with Crippen LogP contribution in [-0.2, 0) is 10.0 Å². The minimum Gasteiger partial charge on any atom is -0.399 e. The van der Waals surface area contributed by atoms with Crippen LogP contribution in [0.3, 0.4) is 0 Å². The zero-order valence-corrected chi connectivity index (χ0v) is 12.1. The average Bonchev–Trinajstić information content (AvgIpc) is 2.30. The van der Waals surface area contributed by atoms with E-state index in [-0.39, 0.29) is 11.4 Å². The number of rotatable bonds is 5. The molecule has 0 bridgehead atoms.